The number of carbonyl (C=O) groups excluding carboxylic acids is 1. The van der Waals surface area contributed by atoms with Gasteiger partial charge in [0.15, 0.2) is 5.69 Å². The molecule has 0 unspecified atom stereocenters. The van der Waals surface area contributed by atoms with Crippen molar-refractivity contribution in [3.63, 3.8) is 0 Å². The Morgan fingerprint density at radius 1 is 1.35 bits per heavy atom. The van der Waals surface area contributed by atoms with E-state index >= 15 is 0 Å². The van der Waals surface area contributed by atoms with Gasteiger partial charge in [0, 0.05) is 18.4 Å². The SMILES string of the molecule is CCCCNS(=O)(=O)c1ccc(-n2cc(C#N)c(N)c2C(=O)OC)cc1. The molecule has 1 aromatic carbocycles. The molecule has 0 saturated heterocycles. The van der Waals surface area contributed by atoms with Crippen molar-refractivity contribution in [2.45, 2.75) is 24.7 Å². The summed E-state index contributed by atoms with van der Waals surface area (Å²) in [6, 6.07) is 7.82. The fraction of sp³-hybridized carbons (Fsp3) is 0.294. The third-order valence-electron chi connectivity index (χ3n) is 3.79. The Hall–Kier alpha value is -2.83. The van der Waals surface area contributed by atoms with Crippen molar-refractivity contribution in [2.24, 2.45) is 0 Å². The Balaban J connectivity index is 2.40. The number of nitrogens with one attached hydrogen (secondary N) is 1. The first-order valence-electron chi connectivity index (χ1n) is 7.95. The minimum absolute atomic E-state index is 0.0114. The summed E-state index contributed by atoms with van der Waals surface area (Å²) in [6.07, 6.45) is 3.04. The van der Waals surface area contributed by atoms with E-state index in [4.69, 9.17) is 15.7 Å². The highest BCUT2D eigenvalue weighted by Gasteiger charge is 2.22. The largest absolute Gasteiger partial charge is 0.464 e. The number of nitriles is 1. The normalized spacial score (nSPS) is 11.1. The molecule has 0 amide bonds. The van der Waals surface area contributed by atoms with Gasteiger partial charge in [0.05, 0.1) is 23.3 Å². The quantitative estimate of drug-likeness (QED) is 0.560. The second kappa shape index (κ2) is 8.03. The van der Waals surface area contributed by atoms with E-state index in [1.807, 2.05) is 13.0 Å². The minimum Gasteiger partial charge on any atom is -0.464 e. The van der Waals surface area contributed by atoms with E-state index in [0.29, 0.717) is 12.2 Å². The number of methoxy groups -OCH3 is 1. The number of hydrogen-bond donors (Lipinski definition) is 2. The van der Waals surface area contributed by atoms with Crippen LogP contribution in [0.3, 0.4) is 0 Å². The van der Waals surface area contributed by atoms with Crippen LogP contribution in [0.1, 0.15) is 35.8 Å². The van der Waals surface area contributed by atoms with Crippen LogP contribution in [0.5, 0.6) is 0 Å². The predicted octanol–water partition coefficient (Wildman–Crippen LogP) is 1.80. The molecule has 0 aliphatic heterocycles. The number of nitrogen functional groups attached to an aromatic ring is 1. The van der Waals surface area contributed by atoms with Crippen molar-refractivity contribution in [1.82, 2.24) is 9.29 Å². The fourth-order valence-electron chi connectivity index (χ4n) is 2.37. The average Bonchev–Trinajstić information content (AvgIpc) is 2.97. The van der Waals surface area contributed by atoms with Crippen molar-refractivity contribution in [3.05, 3.63) is 41.7 Å². The second-order valence-electron chi connectivity index (χ2n) is 5.52. The van der Waals surface area contributed by atoms with E-state index in [1.165, 1.54) is 42.1 Å². The van der Waals surface area contributed by atoms with Crippen molar-refractivity contribution in [2.75, 3.05) is 19.4 Å². The van der Waals surface area contributed by atoms with Gasteiger partial charge in [-0.3, -0.25) is 0 Å². The third kappa shape index (κ3) is 3.87. The first-order valence-corrected chi connectivity index (χ1v) is 9.43. The van der Waals surface area contributed by atoms with E-state index in [1.54, 1.807) is 0 Å². The Labute approximate surface area is 152 Å². The van der Waals surface area contributed by atoms with E-state index < -0.39 is 16.0 Å². The molecule has 2 rings (SSSR count). The maximum absolute atomic E-state index is 12.2. The van der Waals surface area contributed by atoms with Gasteiger partial charge in [-0.05, 0) is 30.7 Å². The number of carbonyl (C=O) groups is 1. The predicted molar refractivity (Wildman–Crippen MR) is 96.3 cm³/mol. The molecule has 0 spiro atoms. The molecular formula is C17H20N4O4S. The highest BCUT2D eigenvalue weighted by atomic mass is 32.2. The zero-order chi connectivity index (χ0) is 19.3. The van der Waals surface area contributed by atoms with Gasteiger partial charge in [-0.15, -0.1) is 0 Å². The molecule has 0 aliphatic carbocycles. The topological polar surface area (TPSA) is 127 Å². The molecule has 1 aromatic heterocycles. The first kappa shape index (κ1) is 19.5. The first-order chi connectivity index (χ1) is 12.4. The smallest absolute Gasteiger partial charge is 0.357 e. The van der Waals surface area contributed by atoms with Crippen molar-refractivity contribution < 1.29 is 17.9 Å². The molecule has 0 saturated carbocycles. The molecule has 0 aliphatic rings. The summed E-state index contributed by atoms with van der Waals surface area (Å²) in [5, 5.41) is 9.13. The van der Waals surface area contributed by atoms with E-state index in [9.17, 15) is 13.2 Å². The van der Waals surface area contributed by atoms with Crippen molar-refractivity contribution >= 4 is 21.7 Å². The zero-order valence-electron chi connectivity index (χ0n) is 14.5. The number of unbranched alkanes of at least 4 members (excludes halogenated alkanes) is 1. The molecule has 0 bridgehead atoms. The number of nitrogens with two attached hydrogens (primary N) is 1. The van der Waals surface area contributed by atoms with Gasteiger partial charge < -0.3 is 15.0 Å². The lowest BCUT2D eigenvalue weighted by atomic mass is 10.2. The maximum atomic E-state index is 12.2. The molecule has 3 N–H and O–H groups in total. The Morgan fingerprint density at radius 3 is 2.54 bits per heavy atom. The number of aromatic nitrogens is 1. The average molecular weight is 376 g/mol. The van der Waals surface area contributed by atoms with Gasteiger partial charge in [0.2, 0.25) is 10.0 Å². The molecule has 0 atom stereocenters. The number of sulfonamides is 1. The highest BCUT2D eigenvalue weighted by molar-refractivity contribution is 7.89. The summed E-state index contributed by atoms with van der Waals surface area (Å²) in [4.78, 5) is 12.1. The standard InChI is InChI=1S/C17H20N4O4S/c1-3-4-9-20-26(23,24)14-7-5-13(6-8-14)21-11-12(10-18)15(19)16(21)17(22)25-2/h5-8,11,20H,3-4,9,19H2,1-2H3. The minimum atomic E-state index is -3.60. The lowest BCUT2D eigenvalue weighted by molar-refractivity contribution is 0.0593. The van der Waals surface area contributed by atoms with E-state index in [0.717, 1.165) is 12.8 Å². The molecule has 9 heteroatoms. The fourth-order valence-corrected chi connectivity index (χ4v) is 3.44. The number of nitrogens with zero attached hydrogens (tertiary/aromatic N) is 2. The third-order valence-corrected chi connectivity index (χ3v) is 5.27. The molecule has 1 heterocycles. The van der Waals surface area contributed by atoms with Crippen LogP contribution < -0.4 is 10.5 Å². The summed E-state index contributed by atoms with van der Waals surface area (Å²) in [6.45, 7) is 2.34. The number of anilines is 1. The summed E-state index contributed by atoms with van der Waals surface area (Å²) in [5.74, 6) is -0.693. The second-order valence-corrected chi connectivity index (χ2v) is 7.29. The molecule has 138 valence electrons. The van der Waals surface area contributed by atoms with Gasteiger partial charge in [-0.2, -0.15) is 5.26 Å². The number of rotatable bonds is 7. The number of esters is 1. The lowest BCUT2D eigenvalue weighted by Crippen LogP contribution is -2.24. The van der Waals surface area contributed by atoms with Gasteiger partial charge in [0.25, 0.3) is 0 Å². The van der Waals surface area contributed by atoms with Crippen LogP contribution >= 0.6 is 0 Å². The molecule has 2 aromatic rings. The summed E-state index contributed by atoms with van der Waals surface area (Å²) in [5.41, 5.74) is 6.48. The van der Waals surface area contributed by atoms with Crippen LogP contribution in [0, 0.1) is 11.3 Å². The van der Waals surface area contributed by atoms with E-state index in [-0.39, 0.29) is 21.8 Å². The monoisotopic (exact) mass is 376 g/mol. The highest BCUT2D eigenvalue weighted by Crippen LogP contribution is 2.25. The number of benzene rings is 1. The molecule has 8 nitrogen and oxygen atoms in total. The van der Waals surface area contributed by atoms with Crippen LogP contribution in [0.4, 0.5) is 5.69 Å². The molecule has 26 heavy (non-hydrogen) atoms. The van der Waals surface area contributed by atoms with Crippen molar-refractivity contribution in [1.29, 1.82) is 5.26 Å². The van der Waals surface area contributed by atoms with Crippen LogP contribution in [-0.4, -0.2) is 32.6 Å². The Bertz CT molecular complexity index is 940. The summed E-state index contributed by atoms with van der Waals surface area (Å²) < 4.78 is 33.1. The molecule has 0 radical (unpaired) electrons. The van der Waals surface area contributed by atoms with Crippen molar-refractivity contribution in [3.8, 4) is 11.8 Å². The maximum Gasteiger partial charge on any atom is 0.357 e. The van der Waals surface area contributed by atoms with Crippen LogP contribution in [0.2, 0.25) is 0 Å². The zero-order valence-corrected chi connectivity index (χ0v) is 15.3. The molecular weight excluding hydrogens is 356 g/mol. The van der Waals surface area contributed by atoms with Crippen LogP contribution in [-0.2, 0) is 14.8 Å². The lowest BCUT2D eigenvalue weighted by Gasteiger charge is -2.10. The van der Waals surface area contributed by atoms with Crippen LogP contribution in [0.25, 0.3) is 5.69 Å². The van der Waals surface area contributed by atoms with E-state index in [2.05, 4.69) is 4.72 Å². The van der Waals surface area contributed by atoms with Gasteiger partial charge in [0.1, 0.15) is 6.07 Å². The molecule has 0 fully saturated rings. The summed E-state index contributed by atoms with van der Waals surface area (Å²) in [7, 11) is -2.39. The van der Waals surface area contributed by atoms with Crippen LogP contribution in [0.15, 0.2) is 35.4 Å². The van der Waals surface area contributed by atoms with Gasteiger partial charge >= 0.3 is 5.97 Å². The number of ether oxygens (including phenoxy) is 1. The summed E-state index contributed by atoms with van der Waals surface area (Å²) >= 11 is 0. The number of hydrogen-bond acceptors (Lipinski definition) is 6. The Morgan fingerprint density at radius 2 is 2.00 bits per heavy atom. The van der Waals surface area contributed by atoms with Gasteiger partial charge in [-0.25, -0.2) is 17.9 Å². The van der Waals surface area contributed by atoms with Gasteiger partial charge in [-0.1, -0.05) is 13.3 Å². The Kier molecular flexibility index (Phi) is 6.02.